The van der Waals surface area contributed by atoms with Crippen molar-refractivity contribution in [2.45, 2.75) is 19.9 Å². The van der Waals surface area contributed by atoms with E-state index in [2.05, 4.69) is 59.1 Å². The number of likely N-dealkylation sites (N-methyl/N-ethyl adjacent to an activating group) is 1. The highest BCUT2D eigenvalue weighted by atomic mass is 15.4. The second-order valence-corrected chi connectivity index (χ2v) is 4.51. The normalized spacial score (nSPS) is 14.9. The Morgan fingerprint density at radius 1 is 1.29 bits per heavy atom. The Hall–Kier alpha value is -1.51. The van der Waals surface area contributed by atoms with Gasteiger partial charge in [-0.05, 0) is 12.0 Å². The number of benzene rings is 1. The van der Waals surface area contributed by atoms with Crippen LogP contribution in [-0.2, 0) is 6.54 Å². The summed E-state index contributed by atoms with van der Waals surface area (Å²) < 4.78 is 0. The van der Waals surface area contributed by atoms with Gasteiger partial charge in [0.05, 0.1) is 6.54 Å². The van der Waals surface area contributed by atoms with E-state index in [-0.39, 0.29) is 0 Å². The molecule has 2 rings (SSSR count). The first-order valence-electron chi connectivity index (χ1n) is 6.35. The monoisotopic (exact) mass is 231 g/mol. The third kappa shape index (κ3) is 2.99. The van der Waals surface area contributed by atoms with E-state index in [1.165, 1.54) is 5.56 Å². The van der Waals surface area contributed by atoms with Gasteiger partial charge in [-0.3, -0.25) is 4.99 Å². The van der Waals surface area contributed by atoms with Crippen LogP contribution in [0.4, 0.5) is 0 Å². The smallest absolute Gasteiger partial charge is 0.196 e. The SMILES string of the molecule is CCCN(Cc1ccccc1)C1=NCCN1C. The third-order valence-electron chi connectivity index (χ3n) is 3.02. The van der Waals surface area contributed by atoms with Crippen molar-refractivity contribution in [2.24, 2.45) is 4.99 Å². The molecule has 3 nitrogen and oxygen atoms in total. The summed E-state index contributed by atoms with van der Waals surface area (Å²) in [7, 11) is 2.12. The van der Waals surface area contributed by atoms with Gasteiger partial charge in [0.2, 0.25) is 0 Å². The predicted octanol–water partition coefficient (Wildman–Crippen LogP) is 2.20. The van der Waals surface area contributed by atoms with Crippen LogP contribution in [0.5, 0.6) is 0 Å². The topological polar surface area (TPSA) is 18.8 Å². The van der Waals surface area contributed by atoms with Crippen LogP contribution in [0, 0.1) is 0 Å². The molecule has 0 aliphatic carbocycles. The van der Waals surface area contributed by atoms with E-state index in [0.29, 0.717) is 0 Å². The van der Waals surface area contributed by atoms with Crippen LogP contribution in [-0.4, -0.2) is 42.4 Å². The number of guanidine groups is 1. The molecule has 0 saturated heterocycles. The maximum Gasteiger partial charge on any atom is 0.196 e. The number of nitrogens with zero attached hydrogens (tertiary/aromatic N) is 3. The largest absolute Gasteiger partial charge is 0.344 e. The second kappa shape index (κ2) is 5.71. The van der Waals surface area contributed by atoms with E-state index >= 15 is 0 Å². The van der Waals surface area contributed by atoms with E-state index in [9.17, 15) is 0 Å². The highest BCUT2D eigenvalue weighted by Gasteiger charge is 2.19. The third-order valence-corrected chi connectivity index (χ3v) is 3.02. The zero-order valence-corrected chi connectivity index (χ0v) is 10.8. The van der Waals surface area contributed by atoms with Gasteiger partial charge in [-0.25, -0.2) is 0 Å². The van der Waals surface area contributed by atoms with Crippen LogP contribution in [0.3, 0.4) is 0 Å². The summed E-state index contributed by atoms with van der Waals surface area (Å²) in [6.45, 7) is 6.22. The molecule has 0 N–H and O–H groups in total. The Labute approximate surface area is 104 Å². The van der Waals surface area contributed by atoms with Crippen LogP contribution < -0.4 is 0 Å². The molecule has 92 valence electrons. The Bertz CT molecular complexity index is 372. The first-order chi connectivity index (χ1) is 8.31. The van der Waals surface area contributed by atoms with Crippen LogP contribution >= 0.6 is 0 Å². The fourth-order valence-electron chi connectivity index (χ4n) is 2.19. The molecule has 1 heterocycles. The van der Waals surface area contributed by atoms with Gasteiger partial charge in [0.25, 0.3) is 0 Å². The van der Waals surface area contributed by atoms with Gasteiger partial charge in [0, 0.05) is 26.7 Å². The minimum Gasteiger partial charge on any atom is -0.344 e. The van der Waals surface area contributed by atoms with Crippen molar-refractivity contribution in [2.75, 3.05) is 26.7 Å². The van der Waals surface area contributed by atoms with E-state index in [4.69, 9.17) is 0 Å². The Balaban J connectivity index is 2.07. The highest BCUT2D eigenvalue weighted by Crippen LogP contribution is 2.10. The maximum absolute atomic E-state index is 4.60. The molecule has 0 atom stereocenters. The molecule has 0 aromatic heterocycles. The lowest BCUT2D eigenvalue weighted by Crippen LogP contribution is -2.39. The summed E-state index contributed by atoms with van der Waals surface area (Å²) in [4.78, 5) is 9.23. The quantitative estimate of drug-likeness (QED) is 0.791. The van der Waals surface area contributed by atoms with E-state index in [1.807, 2.05) is 0 Å². The number of hydrogen-bond donors (Lipinski definition) is 0. The highest BCUT2D eigenvalue weighted by molar-refractivity contribution is 5.81. The maximum atomic E-state index is 4.60. The van der Waals surface area contributed by atoms with Crippen molar-refractivity contribution < 1.29 is 0 Å². The molecule has 0 amide bonds. The lowest BCUT2D eigenvalue weighted by atomic mass is 10.2. The lowest BCUT2D eigenvalue weighted by molar-refractivity contribution is 0.357. The molecular formula is C14H21N3. The molecule has 0 unspecified atom stereocenters. The minimum atomic E-state index is 0.931. The van der Waals surface area contributed by atoms with Gasteiger partial charge >= 0.3 is 0 Å². The average Bonchev–Trinajstić information content (AvgIpc) is 2.76. The van der Waals surface area contributed by atoms with Gasteiger partial charge < -0.3 is 9.80 Å². The first kappa shape index (κ1) is 12.0. The summed E-state index contributed by atoms with van der Waals surface area (Å²) in [6, 6.07) is 10.6. The Morgan fingerprint density at radius 3 is 2.65 bits per heavy atom. The molecule has 17 heavy (non-hydrogen) atoms. The summed E-state index contributed by atoms with van der Waals surface area (Å²) >= 11 is 0. The molecule has 0 fully saturated rings. The Kier molecular flexibility index (Phi) is 4.02. The average molecular weight is 231 g/mol. The summed E-state index contributed by atoms with van der Waals surface area (Å²) in [6.07, 6.45) is 1.15. The molecule has 1 aliphatic heterocycles. The van der Waals surface area contributed by atoms with Crippen LogP contribution in [0.2, 0.25) is 0 Å². The molecule has 3 heteroatoms. The fourth-order valence-corrected chi connectivity index (χ4v) is 2.19. The number of aliphatic imine (C=N–C) groups is 1. The van der Waals surface area contributed by atoms with Gasteiger partial charge in [0.1, 0.15) is 0 Å². The minimum absolute atomic E-state index is 0.931. The summed E-state index contributed by atoms with van der Waals surface area (Å²) in [5.74, 6) is 1.15. The van der Waals surface area contributed by atoms with E-state index in [1.54, 1.807) is 0 Å². The fraction of sp³-hybridized carbons (Fsp3) is 0.500. The van der Waals surface area contributed by atoms with Crippen molar-refractivity contribution in [1.82, 2.24) is 9.80 Å². The molecule has 1 aromatic rings. The predicted molar refractivity (Wildman–Crippen MR) is 72.1 cm³/mol. The molecule has 1 aromatic carbocycles. The van der Waals surface area contributed by atoms with Gasteiger partial charge in [-0.1, -0.05) is 37.3 Å². The molecule has 0 spiro atoms. The van der Waals surface area contributed by atoms with Crippen molar-refractivity contribution >= 4 is 5.96 Å². The zero-order valence-electron chi connectivity index (χ0n) is 10.8. The summed E-state index contributed by atoms with van der Waals surface area (Å²) in [5.41, 5.74) is 1.35. The molecule has 0 radical (unpaired) electrons. The Morgan fingerprint density at radius 2 is 2.06 bits per heavy atom. The molecule has 0 saturated carbocycles. The molecule has 0 bridgehead atoms. The first-order valence-corrected chi connectivity index (χ1v) is 6.35. The van der Waals surface area contributed by atoms with Crippen LogP contribution in [0.1, 0.15) is 18.9 Å². The van der Waals surface area contributed by atoms with Gasteiger partial charge in [-0.15, -0.1) is 0 Å². The van der Waals surface area contributed by atoms with Crippen molar-refractivity contribution in [1.29, 1.82) is 0 Å². The standard InChI is InChI=1S/C14H21N3/c1-3-10-17(14-15-9-11-16(14)2)12-13-7-5-4-6-8-13/h4-8H,3,9-12H2,1-2H3. The van der Waals surface area contributed by atoms with Crippen molar-refractivity contribution in [3.05, 3.63) is 35.9 Å². The van der Waals surface area contributed by atoms with Crippen LogP contribution in [0.15, 0.2) is 35.3 Å². The second-order valence-electron chi connectivity index (χ2n) is 4.51. The number of rotatable bonds is 4. The zero-order chi connectivity index (χ0) is 12.1. The van der Waals surface area contributed by atoms with Gasteiger partial charge in [-0.2, -0.15) is 0 Å². The van der Waals surface area contributed by atoms with Crippen LogP contribution in [0.25, 0.3) is 0 Å². The van der Waals surface area contributed by atoms with E-state index in [0.717, 1.165) is 38.6 Å². The van der Waals surface area contributed by atoms with Crippen molar-refractivity contribution in [3.8, 4) is 0 Å². The summed E-state index contributed by atoms with van der Waals surface area (Å²) in [5, 5.41) is 0. The van der Waals surface area contributed by atoms with Gasteiger partial charge in [0.15, 0.2) is 5.96 Å². The number of hydrogen-bond acceptors (Lipinski definition) is 3. The van der Waals surface area contributed by atoms with Crippen molar-refractivity contribution in [3.63, 3.8) is 0 Å². The molecular weight excluding hydrogens is 210 g/mol. The lowest BCUT2D eigenvalue weighted by Gasteiger charge is -2.28. The molecule has 1 aliphatic rings. The van der Waals surface area contributed by atoms with E-state index < -0.39 is 0 Å².